The Morgan fingerprint density at radius 1 is 1.09 bits per heavy atom. The minimum Gasteiger partial charge on any atom is -0.426 e. The number of rotatable bonds is 7. The van der Waals surface area contributed by atoms with E-state index in [4.69, 9.17) is 21.3 Å². The van der Waals surface area contributed by atoms with Gasteiger partial charge in [0.25, 0.3) is 0 Å². The van der Waals surface area contributed by atoms with Crippen LogP contribution in [0.4, 0.5) is 5.82 Å². The van der Waals surface area contributed by atoms with Crippen LogP contribution in [0.15, 0.2) is 42.6 Å². The molecule has 0 spiro atoms. The number of halogens is 1. The van der Waals surface area contributed by atoms with Crippen molar-refractivity contribution < 1.29 is 9.53 Å². The van der Waals surface area contributed by atoms with Crippen LogP contribution in [0.2, 0.25) is 0 Å². The molecule has 0 saturated carbocycles. The highest BCUT2D eigenvalue weighted by atomic mass is 35.5. The van der Waals surface area contributed by atoms with E-state index in [-0.39, 0.29) is 22.8 Å². The zero-order chi connectivity index (χ0) is 24.6. The molecule has 0 radical (unpaired) electrons. The Morgan fingerprint density at radius 3 is 2.42 bits per heavy atom. The van der Waals surface area contributed by atoms with Gasteiger partial charge >= 0.3 is 5.97 Å². The summed E-state index contributed by atoms with van der Waals surface area (Å²) in [6, 6.07) is 11.6. The van der Waals surface area contributed by atoms with Crippen molar-refractivity contribution in [2.24, 2.45) is 10.8 Å². The second-order valence-electron chi connectivity index (χ2n) is 11.4. The van der Waals surface area contributed by atoms with E-state index in [0.717, 1.165) is 34.7 Å². The summed E-state index contributed by atoms with van der Waals surface area (Å²) >= 11 is 5.95. The summed E-state index contributed by atoms with van der Waals surface area (Å²) in [6.45, 7) is 16.8. The molecule has 33 heavy (non-hydrogen) atoms. The molecule has 0 fully saturated rings. The number of carbonyl (C=O) groups excluding carboxylic acids is 1. The number of pyridine rings is 1. The first-order chi connectivity index (χ1) is 15.2. The van der Waals surface area contributed by atoms with Crippen molar-refractivity contribution in [3.8, 4) is 17.0 Å². The molecule has 5 nitrogen and oxygen atoms in total. The van der Waals surface area contributed by atoms with Gasteiger partial charge < -0.3 is 10.1 Å². The molecule has 0 aliphatic heterocycles. The topological polar surface area (TPSA) is 55.6 Å². The fourth-order valence-electron chi connectivity index (χ4n) is 4.22. The molecule has 2 heterocycles. The number of aromatic nitrogens is 2. The van der Waals surface area contributed by atoms with Crippen LogP contribution in [-0.2, 0) is 4.79 Å². The monoisotopic (exact) mass is 469 g/mol. The van der Waals surface area contributed by atoms with Crippen molar-refractivity contribution in [2.75, 3.05) is 11.2 Å². The molecule has 0 unspecified atom stereocenters. The molecular formula is C27H36ClN3O2. The van der Waals surface area contributed by atoms with Crippen LogP contribution in [0.1, 0.15) is 60.5 Å². The van der Waals surface area contributed by atoms with Crippen LogP contribution in [0, 0.1) is 17.8 Å². The highest BCUT2D eigenvalue weighted by Crippen LogP contribution is 2.36. The SMILES string of the molecule is Cc1cccn2c(NC(C)(C)CC(C)(C)C)c(-c3cccc(OC(=O)C(C)(C)CCl)c3)nc12. The molecule has 2 aromatic heterocycles. The van der Waals surface area contributed by atoms with Gasteiger partial charge in [-0.1, -0.05) is 39.0 Å². The van der Waals surface area contributed by atoms with E-state index in [9.17, 15) is 4.79 Å². The van der Waals surface area contributed by atoms with Crippen molar-refractivity contribution in [3.05, 3.63) is 48.2 Å². The Morgan fingerprint density at radius 2 is 1.79 bits per heavy atom. The number of benzene rings is 1. The number of ether oxygens (including phenoxy) is 1. The molecule has 0 aliphatic rings. The predicted molar refractivity (Wildman–Crippen MR) is 137 cm³/mol. The first kappa shape index (κ1) is 25.1. The summed E-state index contributed by atoms with van der Waals surface area (Å²) in [5.41, 5.74) is 2.92. The van der Waals surface area contributed by atoms with Gasteiger partial charge in [-0.2, -0.15) is 0 Å². The fraction of sp³-hybridized carbons (Fsp3) is 0.481. The molecule has 3 rings (SSSR count). The summed E-state index contributed by atoms with van der Waals surface area (Å²) in [6.07, 6.45) is 3.00. The molecule has 1 aromatic carbocycles. The third kappa shape index (κ3) is 5.89. The molecule has 3 aromatic rings. The van der Waals surface area contributed by atoms with E-state index in [1.54, 1.807) is 19.9 Å². The van der Waals surface area contributed by atoms with Crippen molar-refractivity contribution in [1.82, 2.24) is 9.38 Å². The second-order valence-corrected chi connectivity index (χ2v) is 11.6. The Balaban J connectivity index is 2.07. The number of alkyl halides is 1. The predicted octanol–water partition coefficient (Wildman–Crippen LogP) is 7.11. The first-order valence-electron chi connectivity index (χ1n) is 11.4. The molecule has 178 valence electrons. The number of nitrogens with one attached hydrogen (secondary N) is 1. The normalized spacial score (nSPS) is 12.8. The van der Waals surface area contributed by atoms with E-state index in [1.165, 1.54) is 0 Å². The van der Waals surface area contributed by atoms with Gasteiger partial charge in [-0.25, -0.2) is 4.98 Å². The molecule has 0 saturated heterocycles. The van der Waals surface area contributed by atoms with Crippen molar-refractivity contribution >= 4 is 29.0 Å². The number of carbonyl (C=O) groups is 1. The Hall–Kier alpha value is -2.53. The van der Waals surface area contributed by atoms with Crippen molar-refractivity contribution in [1.29, 1.82) is 0 Å². The number of fused-ring (bicyclic) bond motifs is 1. The third-order valence-electron chi connectivity index (χ3n) is 5.48. The van der Waals surface area contributed by atoms with E-state index in [1.807, 2.05) is 30.5 Å². The lowest BCUT2D eigenvalue weighted by atomic mass is 9.82. The molecule has 1 N–H and O–H groups in total. The lowest BCUT2D eigenvalue weighted by molar-refractivity contribution is -0.142. The summed E-state index contributed by atoms with van der Waals surface area (Å²) in [5.74, 6) is 1.23. The lowest BCUT2D eigenvalue weighted by Gasteiger charge is -2.34. The maximum Gasteiger partial charge on any atom is 0.318 e. The highest BCUT2D eigenvalue weighted by Gasteiger charge is 2.30. The summed E-state index contributed by atoms with van der Waals surface area (Å²) in [4.78, 5) is 17.5. The largest absolute Gasteiger partial charge is 0.426 e. The smallest absolute Gasteiger partial charge is 0.318 e. The number of esters is 1. The van der Waals surface area contributed by atoms with Gasteiger partial charge in [0, 0.05) is 23.2 Å². The van der Waals surface area contributed by atoms with Gasteiger partial charge in [0.15, 0.2) is 0 Å². The highest BCUT2D eigenvalue weighted by molar-refractivity contribution is 6.19. The Bertz CT molecular complexity index is 1160. The summed E-state index contributed by atoms with van der Waals surface area (Å²) in [5, 5.41) is 3.76. The van der Waals surface area contributed by atoms with Crippen molar-refractivity contribution in [2.45, 2.75) is 67.3 Å². The van der Waals surface area contributed by atoms with Gasteiger partial charge in [0.2, 0.25) is 0 Å². The first-order valence-corrected chi connectivity index (χ1v) is 11.9. The third-order valence-corrected chi connectivity index (χ3v) is 6.15. The molecule has 0 bridgehead atoms. The summed E-state index contributed by atoms with van der Waals surface area (Å²) in [7, 11) is 0. The van der Waals surface area contributed by atoms with E-state index in [2.05, 4.69) is 57.3 Å². The molecule has 0 atom stereocenters. The van der Waals surface area contributed by atoms with Crippen LogP contribution in [-0.4, -0.2) is 26.8 Å². The Kier molecular flexibility index (Phi) is 6.86. The number of hydrogen-bond acceptors (Lipinski definition) is 4. The average Bonchev–Trinajstić information content (AvgIpc) is 3.05. The van der Waals surface area contributed by atoms with Crippen molar-refractivity contribution in [3.63, 3.8) is 0 Å². The maximum absolute atomic E-state index is 12.5. The van der Waals surface area contributed by atoms with Gasteiger partial charge in [0.05, 0.1) is 5.41 Å². The molecule has 0 amide bonds. The fourth-order valence-corrected chi connectivity index (χ4v) is 4.33. The van der Waals surface area contributed by atoms with Crippen LogP contribution >= 0.6 is 11.6 Å². The van der Waals surface area contributed by atoms with E-state index in [0.29, 0.717) is 5.75 Å². The lowest BCUT2D eigenvalue weighted by Crippen LogP contribution is -2.36. The number of imidazole rings is 1. The van der Waals surface area contributed by atoms with Crippen LogP contribution in [0.25, 0.3) is 16.9 Å². The maximum atomic E-state index is 12.5. The number of hydrogen-bond donors (Lipinski definition) is 1. The second kappa shape index (κ2) is 9.02. The van der Waals surface area contributed by atoms with E-state index < -0.39 is 5.41 Å². The van der Waals surface area contributed by atoms with Crippen LogP contribution < -0.4 is 10.1 Å². The zero-order valence-corrected chi connectivity index (χ0v) is 21.8. The quantitative estimate of drug-likeness (QED) is 0.227. The Labute approximate surface area is 202 Å². The molecular weight excluding hydrogens is 434 g/mol. The standard InChI is InChI=1S/C27H36ClN3O2/c1-18-11-10-14-31-22(18)29-21(23(31)30-27(7,8)16-25(2,3)4)19-12-9-13-20(15-19)33-24(32)26(5,6)17-28/h9-15,30H,16-17H2,1-8H3. The molecule has 6 heteroatoms. The minimum atomic E-state index is -0.762. The zero-order valence-electron chi connectivity index (χ0n) is 21.0. The van der Waals surface area contributed by atoms with E-state index >= 15 is 0 Å². The van der Waals surface area contributed by atoms with Crippen LogP contribution in [0.3, 0.4) is 0 Å². The average molecular weight is 470 g/mol. The number of anilines is 1. The number of nitrogens with zero attached hydrogens (tertiary/aromatic N) is 2. The van der Waals surface area contributed by atoms with Gasteiger partial charge in [-0.3, -0.25) is 9.20 Å². The van der Waals surface area contributed by atoms with Gasteiger partial charge in [-0.15, -0.1) is 11.6 Å². The van der Waals surface area contributed by atoms with Crippen LogP contribution in [0.5, 0.6) is 5.75 Å². The molecule has 0 aliphatic carbocycles. The minimum absolute atomic E-state index is 0.163. The summed E-state index contributed by atoms with van der Waals surface area (Å²) < 4.78 is 7.76. The van der Waals surface area contributed by atoms with Gasteiger partial charge in [0.1, 0.15) is 22.9 Å². The number of aryl methyl sites for hydroxylation is 1. The van der Waals surface area contributed by atoms with Gasteiger partial charge in [-0.05, 0) is 70.2 Å².